The normalized spacial score (nSPS) is 10.5. The van der Waals surface area contributed by atoms with Crippen LogP contribution < -0.4 is 19.6 Å². The summed E-state index contributed by atoms with van der Waals surface area (Å²) in [6, 6.07) is 9.76. The van der Waals surface area contributed by atoms with Crippen LogP contribution in [0.3, 0.4) is 0 Å². The second kappa shape index (κ2) is 7.87. The first-order valence-corrected chi connectivity index (χ1v) is 7.01. The van der Waals surface area contributed by atoms with Gasteiger partial charge in [-0.2, -0.15) is 5.10 Å². The second-order valence-electron chi connectivity index (χ2n) is 4.70. The fourth-order valence-corrected chi connectivity index (χ4v) is 1.97. The summed E-state index contributed by atoms with van der Waals surface area (Å²) in [7, 11) is 4.45. The molecule has 7 nitrogen and oxygen atoms in total. The van der Waals surface area contributed by atoms with Crippen molar-refractivity contribution in [2.45, 2.75) is 0 Å². The van der Waals surface area contributed by atoms with Crippen LogP contribution in [-0.4, -0.2) is 38.6 Å². The van der Waals surface area contributed by atoms with Crippen molar-refractivity contribution in [1.29, 1.82) is 0 Å². The van der Waals surface area contributed by atoms with Crippen molar-refractivity contribution in [2.75, 3.05) is 21.3 Å². The molecular formula is C17H18N2O5. The van der Waals surface area contributed by atoms with Crippen LogP contribution in [-0.2, 0) is 0 Å². The number of ether oxygens (including phenoxy) is 3. The van der Waals surface area contributed by atoms with Crippen LogP contribution in [0, 0.1) is 0 Å². The number of amides is 1. The molecule has 2 aromatic carbocycles. The van der Waals surface area contributed by atoms with E-state index < -0.39 is 5.91 Å². The van der Waals surface area contributed by atoms with E-state index in [1.807, 2.05) is 0 Å². The number of carbonyl (C=O) groups excluding carboxylic acids is 1. The van der Waals surface area contributed by atoms with Gasteiger partial charge in [0, 0.05) is 17.2 Å². The van der Waals surface area contributed by atoms with Gasteiger partial charge in [-0.1, -0.05) is 6.07 Å². The first-order chi connectivity index (χ1) is 11.6. The number of aromatic hydroxyl groups is 1. The van der Waals surface area contributed by atoms with Gasteiger partial charge in [0.1, 0.15) is 11.5 Å². The lowest BCUT2D eigenvalue weighted by Gasteiger charge is -2.07. The highest BCUT2D eigenvalue weighted by atomic mass is 16.5. The van der Waals surface area contributed by atoms with Crippen LogP contribution >= 0.6 is 0 Å². The second-order valence-corrected chi connectivity index (χ2v) is 4.70. The molecule has 0 spiro atoms. The number of hydrazone groups is 1. The first kappa shape index (κ1) is 17.1. The van der Waals surface area contributed by atoms with Gasteiger partial charge in [0.05, 0.1) is 27.5 Å². The van der Waals surface area contributed by atoms with Gasteiger partial charge in [0.15, 0.2) is 11.5 Å². The van der Waals surface area contributed by atoms with E-state index in [4.69, 9.17) is 14.2 Å². The number of carbonyl (C=O) groups is 1. The van der Waals surface area contributed by atoms with E-state index in [2.05, 4.69) is 10.5 Å². The summed E-state index contributed by atoms with van der Waals surface area (Å²) in [4.78, 5) is 12.2. The van der Waals surface area contributed by atoms with Crippen molar-refractivity contribution in [3.8, 4) is 23.0 Å². The standard InChI is InChI=1S/C17H18N2O5/c1-22-13-7-12(8-14(9-13)23-2)17(21)19-18-10-11-5-4-6-15(24-3)16(11)20/h4-10,20H,1-3H3,(H,19,21)/b18-10-. The van der Waals surface area contributed by atoms with Gasteiger partial charge >= 0.3 is 0 Å². The van der Waals surface area contributed by atoms with E-state index in [-0.39, 0.29) is 5.75 Å². The lowest BCUT2D eigenvalue weighted by molar-refractivity contribution is 0.0954. The number of nitrogens with one attached hydrogen (secondary N) is 1. The van der Waals surface area contributed by atoms with Crippen molar-refractivity contribution in [3.05, 3.63) is 47.5 Å². The van der Waals surface area contributed by atoms with Crippen LogP contribution in [0.25, 0.3) is 0 Å². The highest BCUT2D eigenvalue weighted by Crippen LogP contribution is 2.28. The van der Waals surface area contributed by atoms with Crippen LogP contribution in [0.5, 0.6) is 23.0 Å². The Labute approximate surface area is 139 Å². The van der Waals surface area contributed by atoms with E-state index in [0.29, 0.717) is 28.4 Å². The van der Waals surface area contributed by atoms with E-state index >= 15 is 0 Å². The number of rotatable bonds is 6. The quantitative estimate of drug-likeness (QED) is 0.626. The Kier molecular flexibility index (Phi) is 5.62. The van der Waals surface area contributed by atoms with Crippen LogP contribution in [0.1, 0.15) is 15.9 Å². The molecule has 7 heteroatoms. The number of hydrogen-bond acceptors (Lipinski definition) is 6. The molecule has 2 aromatic rings. The Morgan fingerprint density at radius 1 is 1.08 bits per heavy atom. The smallest absolute Gasteiger partial charge is 0.271 e. The molecule has 0 aliphatic carbocycles. The minimum Gasteiger partial charge on any atom is -0.504 e. The molecule has 0 saturated carbocycles. The Bertz CT molecular complexity index is 736. The zero-order valence-electron chi connectivity index (χ0n) is 13.6. The number of benzene rings is 2. The molecule has 0 aliphatic heterocycles. The van der Waals surface area contributed by atoms with Crippen LogP contribution in [0.4, 0.5) is 0 Å². The largest absolute Gasteiger partial charge is 0.504 e. The minimum atomic E-state index is -0.439. The number of phenols is 1. The molecule has 0 radical (unpaired) electrons. The zero-order valence-corrected chi connectivity index (χ0v) is 13.6. The number of nitrogens with zero attached hydrogens (tertiary/aromatic N) is 1. The molecule has 0 saturated heterocycles. The van der Waals surface area contributed by atoms with Gasteiger partial charge < -0.3 is 19.3 Å². The van der Waals surface area contributed by atoms with E-state index in [1.165, 1.54) is 27.5 Å². The molecule has 0 aliphatic rings. The molecule has 0 unspecified atom stereocenters. The fourth-order valence-electron chi connectivity index (χ4n) is 1.97. The average molecular weight is 330 g/mol. The van der Waals surface area contributed by atoms with Crippen molar-refractivity contribution in [3.63, 3.8) is 0 Å². The third-order valence-electron chi connectivity index (χ3n) is 3.23. The topological polar surface area (TPSA) is 89.4 Å². The van der Waals surface area contributed by atoms with Gasteiger partial charge in [0.2, 0.25) is 0 Å². The third-order valence-corrected chi connectivity index (χ3v) is 3.23. The Morgan fingerprint density at radius 2 is 1.75 bits per heavy atom. The van der Waals surface area contributed by atoms with Gasteiger partial charge in [-0.3, -0.25) is 4.79 Å². The van der Waals surface area contributed by atoms with Gasteiger partial charge in [-0.15, -0.1) is 0 Å². The van der Waals surface area contributed by atoms with E-state index in [1.54, 1.807) is 36.4 Å². The van der Waals surface area contributed by atoms with Crippen LogP contribution in [0.2, 0.25) is 0 Å². The Balaban J connectivity index is 2.13. The number of hydrogen-bond donors (Lipinski definition) is 2. The summed E-state index contributed by atoms with van der Waals surface area (Å²) < 4.78 is 15.2. The zero-order chi connectivity index (χ0) is 17.5. The van der Waals surface area contributed by atoms with Gasteiger partial charge in [-0.25, -0.2) is 5.43 Å². The monoisotopic (exact) mass is 330 g/mol. The Morgan fingerprint density at radius 3 is 2.33 bits per heavy atom. The molecule has 0 heterocycles. The highest BCUT2D eigenvalue weighted by Gasteiger charge is 2.09. The molecule has 0 fully saturated rings. The highest BCUT2D eigenvalue weighted by molar-refractivity contribution is 5.96. The number of methoxy groups -OCH3 is 3. The van der Waals surface area contributed by atoms with E-state index in [9.17, 15) is 9.90 Å². The number of para-hydroxylation sites is 1. The number of phenolic OH excluding ortho intramolecular Hbond substituents is 1. The predicted molar refractivity (Wildman–Crippen MR) is 89.3 cm³/mol. The average Bonchev–Trinajstić information content (AvgIpc) is 2.62. The maximum atomic E-state index is 12.2. The van der Waals surface area contributed by atoms with Crippen LogP contribution in [0.15, 0.2) is 41.5 Å². The maximum absolute atomic E-state index is 12.2. The summed E-state index contributed by atoms with van der Waals surface area (Å²) in [5, 5.41) is 13.8. The first-order valence-electron chi connectivity index (χ1n) is 7.01. The molecular weight excluding hydrogens is 312 g/mol. The molecule has 0 bridgehead atoms. The molecule has 126 valence electrons. The fraction of sp³-hybridized carbons (Fsp3) is 0.176. The van der Waals surface area contributed by atoms with Crippen molar-refractivity contribution < 1.29 is 24.1 Å². The van der Waals surface area contributed by atoms with Gasteiger partial charge in [0.25, 0.3) is 5.91 Å². The summed E-state index contributed by atoms with van der Waals surface area (Å²) in [6.07, 6.45) is 1.33. The Hall–Kier alpha value is -3.22. The molecule has 24 heavy (non-hydrogen) atoms. The SMILES string of the molecule is COc1cc(OC)cc(C(=O)N/N=C\c2cccc(OC)c2O)c1. The molecule has 2 rings (SSSR count). The summed E-state index contributed by atoms with van der Waals surface area (Å²) in [5.41, 5.74) is 3.13. The summed E-state index contributed by atoms with van der Waals surface area (Å²) in [5.74, 6) is 0.817. The summed E-state index contributed by atoms with van der Waals surface area (Å²) >= 11 is 0. The van der Waals surface area contributed by atoms with Gasteiger partial charge in [-0.05, 0) is 24.3 Å². The lowest BCUT2D eigenvalue weighted by atomic mass is 10.2. The van der Waals surface area contributed by atoms with E-state index in [0.717, 1.165) is 0 Å². The van der Waals surface area contributed by atoms with Crippen molar-refractivity contribution >= 4 is 12.1 Å². The third kappa shape index (κ3) is 3.95. The maximum Gasteiger partial charge on any atom is 0.271 e. The van der Waals surface area contributed by atoms with Crippen molar-refractivity contribution in [1.82, 2.24) is 5.43 Å². The molecule has 0 aromatic heterocycles. The molecule has 1 amide bonds. The molecule has 0 atom stereocenters. The minimum absolute atomic E-state index is 0.0546. The predicted octanol–water partition coefficient (Wildman–Crippen LogP) is 2.18. The summed E-state index contributed by atoms with van der Waals surface area (Å²) in [6.45, 7) is 0. The van der Waals surface area contributed by atoms with Crippen molar-refractivity contribution in [2.24, 2.45) is 5.10 Å². The lowest BCUT2D eigenvalue weighted by Crippen LogP contribution is -2.17. The molecule has 2 N–H and O–H groups in total.